The Kier molecular flexibility index (Phi) is 5.63. The highest BCUT2D eigenvalue weighted by molar-refractivity contribution is 7.91. The number of nitrogens with zero attached hydrogens (tertiary/aromatic N) is 3. The molecule has 1 saturated heterocycles. The number of nitrogens with one attached hydrogen (secondary N) is 1. The highest BCUT2D eigenvalue weighted by atomic mass is 32.2. The molecule has 2 heterocycles. The lowest BCUT2D eigenvalue weighted by Gasteiger charge is -2.56. The fourth-order valence-electron chi connectivity index (χ4n) is 6.92. The molecule has 8 nitrogen and oxygen atoms in total. The minimum absolute atomic E-state index is 0.0282. The topological polar surface area (TPSA) is 116 Å². The minimum Gasteiger partial charge on any atom is -0.444 e. The van der Waals surface area contributed by atoms with Gasteiger partial charge in [-0.2, -0.15) is 5.26 Å². The minimum atomic E-state index is -2.93. The van der Waals surface area contributed by atoms with Gasteiger partial charge in [0.25, 0.3) is 0 Å². The van der Waals surface area contributed by atoms with Gasteiger partial charge in [-0.3, -0.25) is 4.79 Å². The predicted molar refractivity (Wildman–Crippen MR) is 142 cm³/mol. The van der Waals surface area contributed by atoms with E-state index in [1.54, 1.807) is 0 Å². The van der Waals surface area contributed by atoms with Gasteiger partial charge in [-0.1, -0.05) is 25.0 Å². The summed E-state index contributed by atoms with van der Waals surface area (Å²) < 4.78 is 30.3. The zero-order valence-corrected chi connectivity index (χ0v) is 22.4. The molecule has 0 spiro atoms. The largest absolute Gasteiger partial charge is 0.444 e. The Balaban J connectivity index is 1.19. The van der Waals surface area contributed by atoms with Crippen molar-refractivity contribution in [3.8, 4) is 17.3 Å². The molecule has 1 amide bonds. The van der Waals surface area contributed by atoms with Gasteiger partial charge in [0.2, 0.25) is 5.91 Å². The molecule has 0 radical (unpaired) electrons. The lowest BCUT2D eigenvalue weighted by atomic mass is 9.48. The van der Waals surface area contributed by atoms with Crippen LogP contribution in [0.2, 0.25) is 0 Å². The first-order chi connectivity index (χ1) is 18.3. The number of aromatic nitrogens is 1. The van der Waals surface area contributed by atoms with E-state index in [-0.39, 0.29) is 29.2 Å². The van der Waals surface area contributed by atoms with Crippen LogP contribution in [0.4, 0.5) is 5.69 Å². The number of anilines is 1. The molecular weight excluding hydrogens is 500 g/mol. The van der Waals surface area contributed by atoms with Gasteiger partial charge in [-0.25, -0.2) is 13.4 Å². The number of nitriles is 1. The van der Waals surface area contributed by atoms with Crippen LogP contribution in [-0.4, -0.2) is 49.4 Å². The molecule has 6 aliphatic rings. The fourth-order valence-corrected chi connectivity index (χ4v) is 8.12. The summed E-state index contributed by atoms with van der Waals surface area (Å²) in [5, 5.41) is 12.6. The van der Waals surface area contributed by atoms with Crippen LogP contribution >= 0.6 is 0 Å². The first kappa shape index (κ1) is 24.2. The number of hydrogen-bond acceptors (Lipinski definition) is 7. The number of amides is 1. The van der Waals surface area contributed by atoms with Crippen molar-refractivity contribution in [3.63, 3.8) is 0 Å². The molecule has 0 unspecified atom stereocenters. The van der Waals surface area contributed by atoms with Gasteiger partial charge in [-0.05, 0) is 62.5 Å². The zero-order chi connectivity index (χ0) is 26.1. The molecule has 5 aliphatic carbocycles. The van der Waals surface area contributed by atoms with Gasteiger partial charge >= 0.3 is 0 Å². The van der Waals surface area contributed by atoms with E-state index in [0.29, 0.717) is 30.8 Å². The van der Waals surface area contributed by atoms with Crippen LogP contribution in [0.3, 0.4) is 0 Å². The Labute approximate surface area is 223 Å². The molecular formula is C29H34N4O4S. The van der Waals surface area contributed by atoms with E-state index in [9.17, 15) is 18.5 Å². The Morgan fingerprint density at radius 1 is 1.08 bits per heavy atom. The van der Waals surface area contributed by atoms with E-state index >= 15 is 0 Å². The van der Waals surface area contributed by atoms with Crippen molar-refractivity contribution >= 4 is 21.4 Å². The maximum absolute atomic E-state index is 13.4. The number of oxazole rings is 1. The smallest absolute Gasteiger partial charge is 0.225 e. The maximum Gasteiger partial charge on any atom is 0.225 e. The van der Waals surface area contributed by atoms with Crippen molar-refractivity contribution in [3.05, 3.63) is 35.9 Å². The van der Waals surface area contributed by atoms with Crippen molar-refractivity contribution < 1.29 is 17.6 Å². The number of carbonyl (C=O) groups is 1. The van der Waals surface area contributed by atoms with Crippen LogP contribution in [0.1, 0.15) is 74.9 Å². The zero-order valence-electron chi connectivity index (χ0n) is 21.6. The summed E-state index contributed by atoms with van der Waals surface area (Å²) in [4.78, 5) is 20.6. The molecule has 200 valence electrons. The van der Waals surface area contributed by atoms with Crippen molar-refractivity contribution in [1.82, 2.24) is 10.3 Å². The van der Waals surface area contributed by atoms with Crippen LogP contribution in [-0.2, 0) is 14.6 Å². The Morgan fingerprint density at radius 2 is 1.76 bits per heavy atom. The van der Waals surface area contributed by atoms with Crippen molar-refractivity contribution in [2.75, 3.05) is 29.5 Å². The number of rotatable bonds is 6. The summed E-state index contributed by atoms with van der Waals surface area (Å²) in [6, 6.07) is 10.5. The Bertz CT molecular complexity index is 1380. The van der Waals surface area contributed by atoms with E-state index in [4.69, 9.17) is 9.40 Å². The molecule has 9 heteroatoms. The third-order valence-electron chi connectivity index (χ3n) is 9.80. The van der Waals surface area contributed by atoms with Crippen LogP contribution in [0.5, 0.6) is 0 Å². The quantitative estimate of drug-likeness (QED) is 0.592. The van der Waals surface area contributed by atoms with E-state index < -0.39 is 15.4 Å². The summed E-state index contributed by atoms with van der Waals surface area (Å²) in [5.41, 5.74) is 2.14. The standard InChI is InChI=1S/C29H34N4O4S/c30-17-29(9-10-29)32-27(34)23-4-2-1-3-22(23)26-25(31-28(37-26)24-19-15-20(24)16-19)18-5-7-21(8-6-18)33-11-13-38(35,36)14-12-33/h5-8,19-20,22-24H,1-4,9-16H2,(H,32,34)/t19?,20?,22-,23-,24?/m1/s1. The maximum atomic E-state index is 13.4. The van der Waals surface area contributed by atoms with Gasteiger partial charge in [0.1, 0.15) is 17.0 Å². The van der Waals surface area contributed by atoms with Gasteiger partial charge in [0.05, 0.1) is 17.6 Å². The van der Waals surface area contributed by atoms with E-state index in [1.807, 2.05) is 12.1 Å². The average Bonchev–Trinajstić information content (AvgIpc) is 3.52. The molecule has 1 aliphatic heterocycles. The van der Waals surface area contributed by atoms with Crippen LogP contribution in [0, 0.1) is 29.1 Å². The van der Waals surface area contributed by atoms with Crippen molar-refractivity contribution in [1.29, 1.82) is 5.26 Å². The number of benzene rings is 1. The predicted octanol–water partition coefficient (Wildman–Crippen LogP) is 4.15. The van der Waals surface area contributed by atoms with Crippen LogP contribution < -0.4 is 10.2 Å². The molecule has 38 heavy (non-hydrogen) atoms. The van der Waals surface area contributed by atoms with Crippen molar-refractivity contribution in [2.45, 2.75) is 68.7 Å². The summed E-state index contributed by atoms with van der Waals surface area (Å²) in [6.45, 7) is 1.02. The first-order valence-electron chi connectivity index (χ1n) is 14.1. The molecule has 2 bridgehead atoms. The Hall–Kier alpha value is -2.86. The summed E-state index contributed by atoms with van der Waals surface area (Å²) in [6.07, 6.45) is 7.69. The molecule has 1 N–H and O–H groups in total. The van der Waals surface area contributed by atoms with E-state index in [0.717, 1.165) is 67.1 Å². The third kappa shape index (κ3) is 4.12. The van der Waals surface area contributed by atoms with Gasteiger partial charge in [0, 0.05) is 42.1 Å². The van der Waals surface area contributed by atoms with E-state index in [2.05, 4.69) is 28.4 Å². The molecule has 8 rings (SSSR count). The SMILES string of the molecule is N#CC1(NC(=O)[C@@H]2CCCC[C@H]2c2oc(C3C4CC3C4)nc2-c2ccc(N3CCS(=O)(=O)CC3)cc2)CC1. The molecule has 1 aromatic carbocycles. The third-order valence-corrected chi connectivity index (χ3v) is 11.4. The lowest BCUT2D eigenvalue weighted by Crippen LogP contribution is -2.48. The second kappa shape index (κ2) is 8.84. The lowest BCUT2D eigenvalue weighted by molar-refractivity contribution is -0.127. The summed E-state index contributed by atoms with van der Waals surface area (Å²) in [5.74, 6) is 3.47. The van der Waals surface area contributed by atoms with Gasteiger partial charge in [0.15, 0.2) is 15.7 Å². The number of carbonyl (C=O) groups excluding carboxylic acids is 1. The van der Waals surface area contributed by atoms with Gasteiger partial charge < -0.3 is 14.6 Å². The van der Waals surface area contributed by atoms with E-state index in [1.165, 1.54) is 12.8 Å². The van der Waals surface area contributed by atoms with Crippen LogP contribution in [0.15, 0.2) is 28.7 Å². The van der Waals surface area contributed by atoms with Crippen molar-refractivity contribution in [2.24, 2.45) is 17.8 Å². The summed E-state index contributed by atoms with van der Waals surface area (Å²) >= 11 is 0. The molecule has 2 atom stereocenters. The number of hydrogen-bond donors (Lipinski definition) is 1. The summed E-state index contributed by atoms with van der Waals surface area (Å²) in [7, 11) is -2.93. The molecule has 5 saturated carbocycles. The number of sulfone groups is 1. The monoisotopic (exact) mass is 534 g/mol. The highest BCUT2D eigenvalue weighted by Crippen LogP contribution is 2.64. The second-order valence-electron chi connectivity index (χ2n) is 12.1. The normalized spacial score (nSPS) is 32.4. The second-order valence-corrected chi connectivity index (χ2v) is 14.5. The molecule has 6 fully saturated rings. The molecule has 2 aromatic rings. The first-order valence-corrected chi connectivity index (χ1v) is 16.0. The van der Waals surface area contributed by atoms with Crippen LogP contribution in [0.25, 0.3) is 11.3 Å². The van der Waals surface area contributed by atoms with Gasteiger partial charge in [-0.15, -0.1) is 0 Å². The molecule has 1 aromatic heterocycles. The average molecular weight is 535 g/mol. The fraction of sp³-hybridized carbons (Fsp3) is 0.621. The highest BCUT2D eigenvalue weighted by Gasteiger charge is 2.56. The Morgan fingerprint density at radius 3 is 2.37 bits per heavy atom.